The minimum atomic E-state index is -0.411. The summed E-state index contributed by atoms with van der Waals surface area (Å²) in [5.41, 5.74) is 2.83. The number of rotatable bonds is 4. The number of pyridine rings is 1. The van der Waals surface area contributed by atoms with E-state index >= 15 is 0 Å². The predicted octanol–water partition coefficient (Wildman–Crippen LogP) is 6.11. The number of ketones is 1. The number of hydrogen-bond acceptors (Lipinski definition) is 3. The van der Waals surface area contributed by atoms with Crippen LogP contribution in [0.15, 0.2) is 70.8 Å². The van der Waals surface area contributed by atoms with Crippen molar-refractivity contribution in [3.8, 4) is 11.1 Å². The molecular weight excluding hydrogens is 390 g/mol. The highest BCUT2D eigenvalue weighted by Gasteiger charge is 2.19. The van der Waals surface area contributed by atoms with Crippen molar-refractivity contribution in [2.24, 2.45) is 0 Å². The van der Waals surface area contributed by atoms with E-state index in [0.29, 0.717) is 16.1 Å². The fourth-order valence-corrected chi connectivity index (χ4v) is 4.19. The Balaban J connectivity index is 1.96. The molecule has 0 spiro atoms. The van der Waals surface area contributed by atoms with E-state index in [1.54, 1.807) is 35.6 Å². The summed E-state index contributed by atoms with van der Waals surface area (Å²) in [6.07, 6.45) is 3.23. The molecule has 4 aromatic rings. The van der Waals surface area contributed by atoms with E-state index in [1.807, 2.05) is 48.7 Å². The zero-order chi connectivity index (χ0) is 19.7. The lowest BCUT2D eigenvalue weighted by Crippen LogP contribution is -2.18. The minimum absolute atomic E-state index is 0.117. The summed E-state index contributed by atoms with van der Waals surface area (Å²) in [7, 11) is 0. The summed E-state index contributed by atoms with van der Waals surface area (Å²) in [5.74, 6) is -0.338. The quantitative estimate of drug-likeness (QED) is 0.328. The van der Waals surface area contributed by atoms with Gasteiger partial charge in [-0.2, -0.15) is 0 Å². The standard InChI is InChI=1S/C23H16ClNO2S/c1-14-11-12-28-20(14)10-9-19(26)22-21(15-5-3-2-4-6-15)17-13-16(24)7-8-18(17)25-23(22)27/h2-13H,1H3,(H,25,27). The Morgan fingerprint density at radius 1 is 1.11 bits per heavy atom. The van der Waals surface area contributed by atoms with Gasteiger partial charge >= 0.3 is 0 Å². The number of fused-ring (bicyclic) bond motifs is 1. The van der Waals surface area contributed by atoms with Gasteiger partial charge in [0.15, 0.2) is 5.78 Å². The van der Waals surface area contributed by atoms with Crippen LogP contribution in [0.5, 0.6) is 0 Å². The largest absolute Gasteiger partial charge is 0.321 e. The van der Waals surface area contributed by atoms with Crippen LogP contribution in [0.2, 0.25) is 5.02 Å². The highest BCUT2D eigenvalue weighted by atomic mass is 35.5. The second-order valence-corrected chi connectivity index (χ2v) is 7.81. The third-order valence-corrected chi connectivity index (χ3v) is 5.79. The number of halogens is 1. The van der Waals surface area contributed by atoms with Gasteiger partial charge in [-0.15, -0.1) is 11.3 Å². The SMILES string of the molecule is Cc1ccsc1C=CC(=O)c1c(-c2ccccc2)c2cc(Cl)ccc2[nH]c1=O. The van der Waals surface area contributed by atoms with Crippen LogP contribution in [0.3, 0.4) is 0 Å². The van der Waals surface area contributed by atoms with Gasteiger partial charge in [-0.25, -0.2) is 0 Å². The number of nitrogens with one attached hydrogen (secondary N) is 1. The topological polar surface area (TPSA) is 49.9 Å². The maximum atomic E-state index is 13.1. The number of thiophene rings is 1. The Morgan fingerprint density at radius 2 is 1.89 bits per heavy atom. The highest BCUT2D eigenvalue weighted by molar-refractivity contribution is 7.11. The van der Waals surface area contributed by atoms with Gasteiger partial charge in [-0.3, -0.25) is 9.59 Å². The van der Waals surface area contributed by atoms with Crippen molar-refractivity contribution in [3.05, 3.63) is 97.4 Å². The van der Waals surface area contributed by atoms with Gasteiger partial charge in [0.05, 0.1) is 5.56 Å². The van der Waals surface area contributed by atoms with Crippen molar-refractivity contribution in [1.82, 2.24) is 4.98 Å². The first-order valence-electron chi connectivity index (χ1n) is 8.72. The lowest BCUT2D eigenvalue weighted by molar-refractivity contribution is 0.104. The molecule has 2 heterocycles. The van der Waals surface area contributed by atoms with Crippen LogP contribution in [0, 0.1) is 6.92 Å². The maximum Gasteiger partial charge on any atom is 0.260 e. The van der Waals surface area contributed by atoms with Gasteiger partial charge in [0.2, 0.25) is 0 Å². The molecule has 0 aliphatic heterocycles. The Morgan fingerprint density at radius 3 is 2.61 bits per heavy atom. The second-order valence-electron chi connectivity index (χ2n) is 6.43. The predicted molar refractivity (Wildman–Crippen MR) is 117 cm³/mol. The summed E-state index contributed by atoms with van der Waals surface area (Å²) in [4.78, 5) is 29.7. The van der Waals surface area contributed by atoms with Crippen LogP contribution in [0.4, 0.5) is 0 Å². The van der Waals surface area contributed by atoms with Crippen molar-refractivity contribution in [2.75, 3.05) is 0 Å². The summed E-state index contributed by atoms with van der Waals surface area (Å²) in [6.45, 7) is 1.99. The molecule has 2 aromatic heterocycles. The van der Waals surface area contributed by atoms with Crippen molar-refractivity contribution < 1.29 is 4.79 Å². The number of carbonyl (C=O) groups is 1. The maximum absolute atomic E-state index is 13.1. The summed E-state index contributed by atoms with van der Waals surface area (Å²) in [6, 6.07) is 16.7. The first kappa shape index (κ1) is 18.4. The van der Waals surface area contributed by atoms with E-state index < -0.39 is 5.56 Å². The Hall–Kier alpha value is -2.95. The molecule has 0 amide bonds. The molecule has 28 heavy (non-hydrogen) atoms. The fraction of sp³-hybridized carbons (Fsp3) is 0.0435. The molecule has 3 nitrogen and oxygen atoms in total. The number of aryl methyl sites for hydroxylation is 1. The van der Waals surface area contributed by atoms with Crippen LogP contribution in [0.1, 0.15) is 20.8 Å². The highest BCUT2D eigenvalue weighted by Crippen LogP contribution is 2.31. The molecule has 2 aromatic carbocycles. The first-order chi connectivity index (χ1) is 13.5. The third kappa shape index (κ3) is 3.44. The van der Waals surface area contributed by atoms with E-state index in [0.717, 1.165) is 21.4 Å². The van der Waals surface area contributed by atoms with Gasteiger partial charge in [0, 0.05) is 26.4 Å². The second kappa shape index (κ2) is 7.58. The molecule has 1 N–H and O–H groups in total. The molecule has 0 fully saturated rings. The number of hydrogen-bond donors (Lipinski definition) is 1. The average Bonchev–Trinajstić information content (AvgIpc) is 3.11. The molecule has 0 aliphatic rings. The molecule has 0 aliphatic carbocycles. The summed E-state index contributed by atoms with van der Waals surface area (Å²) in [5, 5.41) is 3.25. The molecule has 0 atom stereocenters. The molecule has 138 valence electrons. The van der Waals surface area contributed by atoms with E-state index in [2.05, 4.69) is 4.98 Å². The first-order valence-corrected chi connectivity index (χ1v) is 9.98. The number of aromatic amines is 1. The van der Waals surface area contributed by atoms with Crippen LogP contribution in [0.25, 0.3) is 28.1 Å². The molecule has 0 bridgehead atoms. The fourth-order valence-electron chi connectivity index (χ4n) is 3.19. The smallest absolute Gasteiger partial charge is 0.260 e. The van der Waals surface area contributed by atoms with Gasteiger partial charge < -0.3 is 4.98 Å². The van der Waals surface area contributed by atoms with E-state index in [1.165, 1.54) is 6.08 Å². The monoisotopic (exact) mass is 405 g/mol. The molecule has 5 heteroatoms. The zero-order valence-electron chi connectivity index (χ0n) is 15.0. The third-order valence-electron chi connectivity index (χ3n) is 4.57. The van der Waals surface area contributed by atoms with E-state index in [4.69, 9.17) is 11.6 Å². The van der Waals surface area contributed by atoms with Crippen LogP contribution < -0.4 is 5.56 Å². The Bertz CT molecular complexity index is 1270. The van der Waals surface area contributed by atoms with Crippen LogP contribution in [-0.2, 0) is 0 Å². The van der Waals surface area contributed by atoms with Gasteiger partial charge in [-0.05, 0) is 59.8 Å². The molecule has 0 unspecified atom stereocenters. The van der Waals surface area contributed by atoms with Crippen molar-refractivity contribution >= 4 is 45.7 Å². The van der Waals surface area contributed by atoms with Crippen LogP contribution >= 0.6 is 22.9 Å². The van der Waals surface area contributed by atoms with E-state index in [9.17, 15) is 9.59 Å². The Labute approximate surface area is 170 Å². The summed E-state index contributed by atoms with van der Waals surface area (Å²) >= 11 is 7.76. The lowest BCUT2D eigenvalue weighted by atomic mass is 9.94. The van der Waals surface area contributed by atoms with Gasteiger partial charge in [-0.1, -0.05) is 41.9 Å². The normalized spacial score (nSPS) is 11.4. The summed E-state index contributed by atoms with van der Waals surface area (Å²) < 4.78 is 0. The average molecular weight is 406 g/mol. The van der Waals surface area contributed by atoms with Crippen molar-refractivity contribution in [3.63, 3.8) is 0 Å². The molecule has 0 saturated heterocycles. The number of benzene rings is 2. The number of aromatic nitrogens is 1. The molecular formula is C23H16ClNO2S. The molecule has 0 saturated carbocycles. The van der Waals surface area contributed by atoms with E-state index in [-0.39, 0.29) is 11.3 Å². The Kier molecular flexibility index (Phi) is 4.99. The lowest BCUT2D eigenvalue weighted by Gasteiger charge is -2.11. The number of allylic oxidation sites excluding steroid dienone is 1. The zero-order valence-corrected chi connectivity index (χ0v) is 16.6. The van der Waals surface area contributed by atoms with Gasteiger partial charge in [0.1, 0.15) is 0 Å². The minimum Gasteiger partial charge on any atom is -0.321 e. The molecule has 0 radical (unpaired) electrons. The number of H-pyrrole nitrogens is 1. The van der Waals surface area contributed by atoms with Crippen LogP contribution in [-0.4, -0.2) is 10.8 Å². The van der Waals surface area contributed by atoms with Crippen molar-refractivity contribution in [2.45, 2.75) is 6.92 Å². The number of carbonyl (C=O) groups excluding carboxylic acids is 1. The van der Waals surface area contributed by atoms with Gasteiger partial charge in [0.25, 0.3) is 5.56 Å². The molecule has 4 rings (SSSR count). The van der Waals surface area contributed by atoms with Crippen molar-refractivity contribution in [1.29, 1.82) is 0 Å².